The summed E-state index contributed by atoms with van der Waals surface area (Å²) in [4.78, 5) is 39.0. The predicted octanol–water partition coefficient (Wildman–Crippen LogP) is 2.22. The van der Waals surface area contributed by atoms with Crippen molar-refractivity contribution < 1.29 is 14.4 Å². The first-order valence-electron chi connectivity index (χ1n) is 7.87. The molecule has 3 amide bonds. The van der Waals surface area contributed by atoms with Crippen molar-refractivity contribution in [1.82, 2.24) is 9.80 Å². The number of benzene rings is 1. The molecule has 2 saturated heterocycles. The first-order chi connectivity index (χ1) is 11.0. The molecule has 0 radical (unpaired) electrons. The van der Waals surface area contributed by atoms with E-state index in [4.69, 9.17) is 0 Å². The van der Waals surface area contributed by atoms with Crippen LogP contribution in [0.5, 0.6) is 0 Å². The van der Waals surface area contributed by atoms with Crippen LogP contribution in [0.15, 0.2) is 24.3 Å². The summed E-state index contributed by atoms with van der Waals surface area (Å²) in [6.07, 6.45) is 1.88. The Bertz CT molecular complexity index is 630. The zero-order chi connectivity index (χ0) is 16.4. The fourth-order valence-electron chi connectivity index (χ4n) is 3.17. The lowest BCUT2D eigenvalue weighted by Crippen LogP contribution is -2.41. The summed E-state index contributed by atoms with van der Waals surface area (Å²) in [6.45, 7) is 3.14. The van der Waals surface area contributed by atoms with Gasteiger partial charge in [0.25, 0.3) is 5.24 Å². The van der Waals surface area contributed by atoms with E-state index in [-0.39, 0.29) is 28.8 Å². The molecule has 6 heteroatoms. The molecule has 0 spiro atoms. The predicted molar refractivity (Wildman–Crippen MR) is 89.2 cm³/mol. The van der Waals surface area contributed by atoms with Gasteiger partial charge in [-0.3, -0.25) is 19.3 Å². The third-order valence-corrected chi connectivity index (χ3v) is 5.21. The number of nitrogens with zero attached hydrogens (tertiary/aromatic N) is 2. The monoisotopic (exact) mass is 332 g/mol. The van der Waals surface area contributed by atoms with Crippen LogP contribution in [0, 0.1) is 6.92 Å². The Morgan fingerprint density at radius 3 is 2.87 bits per heavy atom. The van der Waals surface area contributed by atoms with Gasteiger partial charge in [-0.25, -0.2) is 0 Å². The third kappa shape index (κ3) is 3.58. The highest BCUT2D eigenvalue weighted by atomic mass is 32.2. The molecular weight excluding hydrogens is 312 g/mol. The minimum absolute atomic E-state index is 0.0979. The molecule has 122 valence electrons. The first-order valence-corrected chi connectivity index (χ1v) is 8.85. The molecule has 0 saturated carbocycles. The Kier molecular flexibility index (Phi) is 4.71. The maximum Gasteiger partial charge on any atom is 0.289 e. The van der Waals surface area contributed by atoms with E-state index in [1.54, 1.807) is 4.90 Å². The van der Waals surface area contributed by atoms with E-state index in [9.17, 15) is 14.4 Å². The lowest BCUT2D eigenvalue weighted by molar-refractivity contribution is -0.131. The summed E-state index contributed by atoms with van der Waals surface area (Å²) >= 11 is 1.05. The molecule has 0 N–H and O–H groups in total. The van der Waals surface area contributed by atoms with Crippen molar-refractivity contribution >= 4 is 28.8 Å². The summed E-state index contributed by atoms with van der Waals surface area (Å²) in [5.74, 6) is 0.205. The van der Waals surface area contributed by atoms with Gasteiger partial charge in [0, 0.05) is 19.5 Å². The average molecular weight is 332 g/mol. The van der Waals surface area contributed by atoms with Gasteiger partial charge in [0.05, 0.1) is 11.8 Å². The molecule has 0 bridgehead atoms. The summed E-state index contributed by atoms with van der Waals surface area (Å²) < 4.78 is 0. The SMILES string of the molecule is Cc1cccc(CCC(=O)N2CCC(N3C(=O)CSC3=O)C2)c1. The Labute approximate surface area is 140 Å². The van der Waals surface area contributed by atoms with E-state index in [0.29, 0.717) is 25.9 Å². The minimum Gasteiger partial charge on any atom is -0.341 e. The molecule has 5 nitrogen and oxygen atoms in total. The average Bonchev–Trinajstić information content (AvgIpc) is 3.12. The fourth-order valence-corrected chi connectivity index (χ4v) is 3.95. The van der Waals surface area contributed by atoms with Crippen LogP contribution in [0.1, 0.15) is 24.0 Å². The van der Waals surface area contributed by atoms with Gasteiger partial charge >= 0.3 is 0 Å². The summed E-state index contributed by atoms with van der Waals surface area (Å²) in [6, 6.07) is 8.03. The second-order valence-corrected chi connectivity index (χ2v) is 7.02. The number of carbonyl (C=O) groups excluding carboxylic acids is 3. The van der Waals surface area contributed by atoms with Gasteiger partial charge in [0.2, 0.25) is 11.8 Å². The Morgan fingerprint density at radius 2 is 2.17 bits per heavy atom. The number of thioether (sulfide) groups is 1. The van der Waals surface area contributed by atoms with Crippen LogP contribution in [-0.4, -0.2) is 51.7 Å². The van der Waals surface area contributed by atoms with E-state index in [1.807, 2.05) is 25.1 Å². The number of carbonyl (C=O) groups is 3. The maximum absolute atomic E-state index is 12.4. The summed E-state index contributed by atoms with van der Waals surface area (Å²) in [5, 5.41) is -0.172. The summed E-state index contributed by atoms with van der Waals surface area (Å²) in [5.41, 5.74) is 2.36. The van der Waals surface area contributed by atoms with Crippen molar-refractivity contribution in [3.05, 3.63) is 35.4 Å². The van der Waals surface area contributed by atoms with Gasteiger partial charge in [0.1, 0.15) is 0 Å². The van der Waals surface area contributed by atoms with Crippen molar-refractivity contribution in [3.63, 3.8) is 0 Å². The molecule has 2 aliphatic heterocycles. The smallest absolute Gasteiger partial charge is 0.289 e. The Morgan fingerprint density at radius 1 is 1.35 bits per heavy atom. The van der Waals surface area contributed by atoms with Crippen molar-refractivity contribution in [2.24, 2.45) is 0 Å². The Balaban J connectivity index is 1.53. The van der Waals surface area contributed by atoms with Crippen LogP contribution >= 0.6 is 11.8 Å². The van der Waals surface area contributed by atoms with E-state index in [2.05, 4.69) is 6.07 Å². The molecule has 2 aliphatic rings. The molecular formula is C17H20N2O3S. The van der Waals surface area contributed by atoms with E-state index < -0.39 is 0 Å². The highest BCUT2D eigenvalue weighted by Gasteiger charge is 2.39. The fraction of sp³-hybridized carbons (Fsp3) is 0.471. The topological polar surface area (TPSA) is 57.7 Å². The third-order valence-electron chi connectivity index (χ3n) is 4.38. The zero-order valence-electron chi connectivity index (χ0n) is 13.2. The highest BCUT2D eigenvalue weighted by Crippen LogP contribution is 2.26. The largest absolute Gasteiger partial charge is 0.341 e. The van der Waals surface area contributed by atoms with Crippen LogP contribution in [0.4, 0.5) is 4.79 Å². The van der Waals surface area contributed by atoms with Crippen molar-refractivity contribution in [1.29, 1.82) is 0 Å². The number of amides is 3. The molecule has 1 atom stereocenters. The van der Waals surface area contributed by atoms with Crippen LogP contribution < -0.4 is 0 Å². The van der Waals surface area contributed by atoms with Gasteiger partial charge < -0.3 is 4.90 Å². The number of rotatable bonds is 4. The van der Waals surface area contributed by atoms with E-state index in [0.717, 1.165) is 23.7 Å². The number of aryl methyl sites for hydroxylation is 2. The number of hydrogen-bond acceptors (Lipinski definition) is 4. The molecule has 23 heavy (non-hydrogen) atoms. The normalized spacial score (nSPS) is 21.3. The van der Waals surface area contributed by atoms with Gasteiger partial charge in [0.15, 0.2) is 0 Å². The highest BCUT2D eigenvalue weighted by molar-refractivity contribution is 8.14. The van der Waals surface area contributed by atoms with Crippen LogP contribution in [-0.2, 0) is 16.0 Å². The standard InChI is InChI=1S/C17H20N2O3S/c1-12-3-2-4-13(9-12)5-6-15(20)18-8-7-14(10-18)19-16(21)11-23-17(19)22/h2-4,9,14H,5-8,10-11H2,1H3. The van der Waals surface area contributed by atoms with Gasteiger partial charge in [-0.1, -0.05) is 41.6 Å². The number of hydrogen-bond donors (Lipinski definition) is 0. The molecule has 1 unspecified atom stereocenters. The Hall–Kier alpha value is -1.82. The molecule has 1 aromatic rings. The van der Waals surface area contributed by atoms with E-state index in [1.165, 1.54) is 10.5 Å². The van der Waals surface area contributed by atoms with Gasteiger partial charge in [-0.15, -0.1) is 0 Å². The minimum atomic E-state index is -0.172. The molecule has 0 aromatic heterocycles. The zero-order valence-corrected chi connectivity index (χ0v) is 14.0. The van der Waals surface area contributed by atoms with Crippen molar-refractivity contribution in [3.8, 4) is 0 Å². The van der Waals surface area contributed by atoms with Crippen LogP contribution in [0.2, 0.25) is 0 Å². The molecule has 2 fully saturated rings. The number of imide groups is 1. The number of likely N-dealkylation sites (tertiary alicyclic amines) is 1. The molecule has 1 aromatic carbocycles. The summed E-state index contributed by atoms with van der Waals surface area (Å²) in [7, 11) is 0. The molecule has 3 rings (SSSR count). The second-order valence-electron chi connectivity index (χ2n) is 6.09. The second kappa shape index (κ2) is 6.74. The van der Waals surface area contributed by atoms with E-state index >= 15 is 0 Å². The lowest BCUT2D eigenvalue weighted by Gasteiger charge is -2.22. The van der Waals surface area contributed by atoms with Crippen molar-refractivity contribution in [2.45, 2.75) is 32.2 Å². The lowest BCUT2D eigenvalue weighted by atomic mass is 10.1. The van der Waals surface area contributed by atoms with Crippen molar-refractivity contribution in [2.75, 3.05) is 18.8 Å². The van der Waals surface area contributed by atoms with Gasteiger partial charge in [-0.05, 0) is 25.3 Å². The van der Waals surface area contributed by atoms with Crippen LogP contribution in [0.25, 0.3) is 0 Å². The molecule has 2 heterocycles. The van der Waals surface area contributed by atoms with Gasteiger partial charge in [-0.2, -0.15) is 0 Å². The quantitative estimate of drug-likeness (QED) is 0.848. The first kappa shape index (κ1) is 16.1. The van der Waals surface area contributed by atoms with Crippen LogP contribution in [0.3, 0.4) is 0 Å². The maximum atomic E-state index is 12.4. The molecule has 0 aliphatic carbocycles.